The third-order valence-electron chi connectivity index (χ3n) is 4.91. The van der Waals surface area contributed by atoms with E-state index in [1.54, 1.807) is 29.5 Å². The molecule has 0 N–H and O–H groups in total. The van der Waals surface area contributed by atoms with E-state index in [1.807, 2.05) is 11.4 Å². The van der Waals surface area contributed by atoms with E-state index in [9.17, 15) is 13.2 Å². The summed E-state index contributed by atoms with van der Waals surface area (Å²) in [5, 5.41) is 1.96. The molecular formula is C20H22INO5S3. The van der Waals surface area contributed by atoms with Gasteiger partial charge in [-0.15, -0.1) is 17.9 Å². The van der Waals surface area contributed by atoms with Crippen molar-refractivity contribution in [2.75, 3.05) is 26.0 Å². The van der Waals surface area contributed by atoms with Crippen LogP contribution in [0.4, 0.5) is 0 Å². The first-order chi connectivity index (χ1) is 14.4. The summed E-state index contributed by atoms with van der Waals surface area (Å²) in [6, 6.07) is 7.11. The number of sulfonamides is 1. The minimum Gasteiger partial charge on any atom is -0.497 e. The molecule has 2 heterocycles. The fourth-order valence-electron chi connectivity index (χ4n) is 3.48. The van der Waals surface area contributed by atoms with Crippen LogP contribution in [0.3, 0.4) is 0 Å². The van der Waals surface area contributed by atoms with Gasteiger partial charge in [-0.2, -0.15) is 4.31 Å². The summed E-state index contributed by atoms with van der Waals surface area (Å²) < 4.78 is 39.0. The first-order valence-electron chi connectivity index (χ1n) is 9.19. The van der Waals surface area contributed by atoms with Gasteiger partial charge in [0.2, 0.25) is 10.0 Å². The molecule has 1 aromatic carbocycles. The highest BCUT2D eigenvalue weighted by Gasteiger charge is 2.44. The number of carbonyl (C=O) groups excluding carboxylic acids is 1. The third kappa shape index (κ3) is 4.87. The number of benzene rings is 1. The second-order valence-electron chi connectivity index (χ2n) is 6.53. The molecule has 30 heavy (non-hydrogen) atoms. The first kappa shape index (κ1) is 23.6. The van der Waals surface area contributed by atoms with Crippen molar-refractivity contribution in [3.8, 4) is 5.75 Å². The van der Waals surface area contributed by atoms with Crippen LogP contribution in [0.25, 0.3) is 0 Å². The van der Waals surface area contributed by atoms with Gasteiger partial charge in [0.25, 0.3) is 0 Å². The smallest absolute Gasteiger partial charge is 0.325 e. The van der Waals surface area contributed by atoms with E-state index < -0.39 is 28.0 Å². The van der Waals surface area contributed by atoms with Crippen LogP contribution in [-0.4, -0.2) is 50.7 Å². The number of esters is 1. The molecule has 2 aromatic rings. The number of nitrogens with zero attached hydrogens (tertiary/aromatic N) is 1. The monoisotopic (exact) mass is 579 g/mol. The van der Waals surface area contributed by atoms with Crippen molar-refractivity contribution < 1.29 is 22.7 Å². The highest BCUT2D eigenvalue weighted by Crippen LogP contribution is 2.37. The highest BCUT2D eigenvalue weighted by atomic mass is 127. The van der Waals surface area contributed by atoms with Crippen LogP contribution in [0.5, 0.6) is 5.75 Å². The summed E-state index contributed by atoms with van der Waals surface area (Å²) in [5.41, 5.74) is 0.938. The molecule has 6 nitrogen and oxygen atoms in total. The van der Waals surface area contributed by atoms with Crippen LogP contribution in [0.1, 0.15) is 16.4 Å². The number of methoxy groups -OCH3 is 1. The average Bonchev–Trinajstić information content (AvgIpc) is 3.15. The van der Waals surface area contributed by atoms with Crippen molar-refractivity contribution >= 4 is 57.5 Å². The van der Waals surface area contributed by atoms with Crippen molar-refractivity contribution in [1.29, 1.82) is 0 Å². The van der Waals surface area contributed by atoms with Crippen LogP contribution in [0, 0.1) is 0 Å². The topological polar surface area (TPSA) is 72.9 Å². The molecule has 1 aliphatic heterocycles. The van der Waals surface area contributed by atoms with Gasteiger partial charge in [-0.05, 0) is 68.9 Å². The molecule has 10 heteroatoms. The number of thiophene rings is 1. The summed E-state index contributed by atoms with van der Waals surface area (Å²) in [7, 11) is -0.899. The van der Waals surface area contributed by atoms with Crippen molar-refractivity contribution in [3.05, 3.63) is 58.8 Å². The van der Waals surface area contributed by atoms with E-state index in [-0.39, 0.29) is 18.0 Å². The van der Waals surface area contributed by atoms with Crippen LogP contribution in [0.2, 0.25) is 0 Å². The molecule has 2 atom stereocenters. The van der Waals surface area contributed by atoms with Gasteiger partial charge in [0, 0.05) is 23.1 Å². The zero-order valence-electron chi connectivity index (χ0n) is 16.3. The Balaban J connectivity index is 2.03. The average molecular weight is 580 g/mol. The maximum atomic E-state index is 13.6. The molecule has 0 radical (unpaired) electrons. The largest absolute Gasteiger partial charge is 0.497 e. The van der Waals surface area contributed by atoms with E-state index >= 15 is 0 Å². The van der Waals surface area contributed by atoms with Crippen LogP contribution < -0.4 is 4.74 Å². The molecule has 0 aliphatic carbocycles. The second-order valence-corrected chi connectivity index (χ2v) is 11.9. The Bertz CT molecular complexity index is 990. The lowest BCUT2D eigenvalue weighted by Gasteiger charge is -2.31. The van der Waals surface area contributed by atoms with Crippen LogP contribution in [0.15, 0.2) is 53.3 Å². The molecule has 0 saturated carbocycles. The van der Waals surface area contributed by atoms with E-state index in [2.05, 4.69) is 27.8 Å². The van der Waals surface area contributed by atoms with Gasteiger partial charge in [-0.25, -0.2) is 8.42 Å². The zero-order valence-corrected chi connectivity index (χ0v) is 20.9. The molecule has 0 saturated heterocycles. The van der Waals surface area contributed by atoms with Crippen LogP contribution in [-0.2, 0) is 26.0 Å². The molecule has 0 fully saturated rings. The minimum atomic E-state index is -3.95. The number of carbonyl (C=O) groups is 1. The maximum absolute atomic E-state index is 13.6. The number of rotatable bonds is 8. The molecule has 2 unspecified atom stereocenters. The van der Waals surface area contributed by atoms with E-state index in [1.165, 1.54) is 32.5 Å². The van der Waals surface area contributed by atoms with Gasteiger partial charge in [0.05, 0.1) is 12.0 Å². The summed E-state index contributed by atoms with van der Waals surface area (Å²) >= 11 is 3.69. The Morgan fingerprint density at radius 2 is 2.10 bits per heavy atom. The van der Waals surface area contributed by atoms with Crippen molar-refractivity contribution in [3.63, 3.8) is 0 Å². The molecule has 162 valence electrons. The van der Waals surface area contributed by atoms with E-state index in [0.29, 0.717) is 17.9 Å². The molecule has 0 amide bonds. The number of hydrogen-bond donors (Lipinski definition) is 0. The normalized spacial score (nSPS) is 19.5. The molecule has 1 aromatic heterocycles. The molecule has 3 rings (SSSR count). The fraction of sp³-hybridized carbons (Fsp3) is 0.350. The Labute approximate surface area is 197 Å². The lowest BCUT2D eigenvalue weighted by atomic mass is 9.92. The quantitative estimate of drug-likeness (QED) is 0.202. The van der Waals surface area contributed by atoms with Gasteiger partial charge in [-0.1, -0.05) is 15.0 Å². The van der Waals surface area contributed by atoms with E-state index in [4.69, 9.17) is 9.47 Å². The first-order valence-corrected chi connectivity index (χ1v) is 15.0. The third-order valence-corrected chi connectivity index (χ3v) is 9.45. The summed E-state index contributed by atoms with van der Waals surface area (Å²) in [5.74, 6) is 0.151. The lowest BCUT2D eigenvalue weighted by molar-refractivity contribution is -0.148. The summed E-state index contributed by atoms with van der Waals surface area (Å²) in [4.78, 5) is 14.3. The number of hydrogen-bond acceptors (Lipinski definition) is 7. The number of ether oxygens (including phenoxy) is 2. The van der Waals surface area contributed by atoms with Crippen molar-refractivity contribution in [2.24, 2.45) is 0 Å². The van der Waals surface area contributed by atoms with Gasteiger partial charge in [0.15, 0.2) is 0 Å². The lowest BCUT2D eigenvalue weighted by Crippen LogP contribution is -2.48. The molecule has 0 spiro atoms. The molecular weight excluding hydrogens is 557 g/mol. The van der Waals surface area contributed by atoms with Crippen LogP contribution >= 0.6 is 41.5 Å². The van der Waals surface area contributed by atoms with Crippen molar-refractivity contribution in [1.82, 2.24) is 4.31 Å². The highest BCUT2D eigenvalue weighted by molar-refractivity contribution is 14.2. The van der Waals surface area contributed by atoms with E-state index in [0.717, 1.165) is 10.4 Å². The second kappa shape index (κ2) is 10.5. The number of halogens is 1. The number of fused-ring (bicyclic) bond motifs is 1. The predicted molar refractivity (Wildman–Crippen MR) is 129 cm³/mol. The standard InChI is InChI=1S/C20H22INO5S3/c1-3-16-17-9-12-28-18(17)8-10-22(19(16)20(23)27-11-13-29-21)30(24,25)15-6-4-14(26-2)5-7-15/h3-7,9,12,16,19H,1,8,10-11,13H2,2H3. The molecule has 0 bridgehead atoms. The SMILES string of the molecule is C=CC1c2ccsc2CCN(S(=O)(=O)c2ccc(OC)cc2)C1C(=O)OCCSI. The van der Waals surface area contributed by atoms with Gasteiger partial charge < -0.3 is 9.47 Å². The Morgan fingerprint density at radius 3 is 2.73 bits per heavy atom. The van der Waals surface area contributed by atoms with Gasteiger partial charge >= 0.3 is 5.97 Å². The Kier molecular flexibility index (Phi) is 8.24. The summed E-state index contributed by atoms with van der Waals surface area (Å²) in [6.45, 7) is 4.31. The predicted octanol–water partition coefficient (Wildman–Crippen LogP) is 4.27. The van der Waals surface area contributed by atoms with Gasteiger partial charge in [0.1, 0.15) is 18.4 Å². The van der Waals surface area contributed by atoms with Crippen molar-refractivity contribution in [2.45, 2.75) is 23.3 Å². The molecule has 1 aliphatic rings. The Hall–Kier alpha value is -1.08. The minimum absolute atomic E-state index is 0.108. The Morgan fingerprint density at radius 1 is 1.37 bits per heavy atom. The zero-order chi connectivity index (χ0) is 21.7. The van der Waals surface area contributed by atoms with Gasteiger partial charge in [-0.3, -0.25) is 4.79 Å². The maximum Gasteiger partial charge on any atom is 0.325 e. The summed E-state index contributed by atoms with van der Waals surface area (Å²) in [6.07, 6.45) is 2.17. The fourth-order valence-corrected chi connectivity index (χ4v) is 6.70.